The normalized spacial score (nSPS) is 14.3. The monoisotopic (exact) mass is 686 g/mol. The molecule has 0 aliphatic heterocycles. The van der Waals surface area contributed by atoms with Crippen molar-refractivity contribution in [3.63, 3.8) is 0 Å². The van der Waals surface area contributed by atoms with Crippen LogP contribution in [0.3, 0.4) is 0 Å². The summed E-state index contributed by atoms with van der Waals surface area (Å²) in [5, 5.41) is 8.03. The Balaban J connectivity index is 1.64. The molecule has 2 atom stereocenters. The Morgan fingerprint density at radius 1 is 1.00 bits per heavy atom. The number of aryl methyl sites for hydroxylation is 1. The van der Waals surface area contributed by atoms with Crippen molar-refractivity contribution in [2.24, 2.45) is 0 Å². The van der Waals surface area contributed by atoms with Crippen LogP contribution in [-0.2, 0) is 23.3 Å². The van der Waals surface area contributed by atoms with Crippen LogP contribution in [0.2, 0.25) is 18.1 Å². The first-order valence-corrected chi connectivity index (χ1v) is 17.3. The predicted molar refractivity (Wildman–Crippen MR) is 164 cm³/mol. The lowest BCUT2D eigenvalue weighted by molar-refractivity contribution is -0.139. The molecule has 9 nitrogen and oxygen atoms in total. The van der Waals surface area contributed by atoms with E-state index >= 15 is 4.39 Å². The van der Waals surface area contributed by atoms with Gasteiger partial charge in [-0.3, -0.25) is 9.59 Å². The third-order valence-electron chi connectivity index (χ3n) is 8.27. The number of anilines is 1. The van der Waals surface area contributed by atoms with E-state index in [4.69, 9.17) is 4.43 Å². The number of nitrogens with one attached hydrogen (secondary N) is 2. The number of fused-ring (bicyclic) bond motifs is 1. The van der Waals surface area contributed by atoms with Crippen molar-refractivity contribution in [1.82, 2.24) is 24.7 Å². The molecule has 0 radical (unpaired) electrons. The van der Waals surface area contributed by atoms with Gasteiger partial charge in [-0.15, -0.1) is 0 Å². The Hall–Kier alpha value is -4.12. The number of halogens is 7. The first kappa shape index (κ1) is 35.7. The lowest BCUT2D eigenvalue weighted by Gasteiger charge is -2.41. The highest BCUT2D eigenvalue weighted by Crippen LogP contribution is 2.39. The fraction of sp³-hybridized carbons (Fsp3) is 0.433. The van der Waals surface area contributed by atoms with Gasteiger partial charge in [0.15, 0.2) is 14.1 Å². The molecule has 0 unspecified atom stereocenters. The first-order valence-electron chi connectivity index (χ1n) is 14.4. The molecule has 3 heterocycles. The second-order valence-electron chi connectivity index (χ2n) is 12.7. The van der Waals surface area contributed by atoms with Crippen LogP contribution < -0.4 is 16.4 Å². The van der Waals surface area contributed by atoms with E-state index in [0.29, 0.717) is 12.4 Å². The number of benzene rings is 1. The highest BCUT2D eigenvalue weighted by molar-refractivity contribution is 6.74. The number of pyridine rings is 1. The van der Waals surface area contributed by atoms with Crippen LogP contribution in [-0.4, -0.2) is 45.2 Å². The van der Waals surface area contributed by atoms with Gasteiger partial charge in [0.25, 0.3) is 11.1 Å². The van der Waals surface area contributed by atoms with E-state index in [0.717, 1.165) is 12.3 Å². The topological polar surface area (TPSA) is 115 Å². The molecular weight excluding hydrogens is 653 g/mol. The second-order valence-corrected chi connectivity index (χ2v) is 17.4. The molecule has 4 rings (SSSR count). The lowest BCUT2D eigenvalue weighted by Crippen LogP contribution is -2.48. The number of hydrogen-bond acceptors (Lipinski definition) is 7. The second kappa shape index (κ2) is 12.8. The molecule has 0 saturated heterocycles. The standard InChI is InChI=1S/C30H33F7N6O3Si/c1-16(41-22-15-40-42-26(44)24(22)30(35,36)37)23(46-47(5,6)28(2,3)4)8-10-43-9-7-17-11-20(21(31)12-19(17)27(43)45)25-38-13-18(14-39-25)29(32,33)34/h7,9,11-16,23H,8,10H2,1-6H3,(H2,41,42,44)/t16-,23-/m0/s1. The first-order chi connectivity index (χ1) is 21.6. The van der Waals surface area contributed by atoms with Gasteiger partial charge >= 0.3 is 12.4 Å². The van der Waals surface area contributed by atoms with E-state index in [1.165, 1.54) is 22.9 Å². The number of nitrogens with zero attached hydrogens (tertiary/aromatic N) is 4. The Kier molecular flexibility index (Phi) is 9.75. The van der Waals surface area contributed by atoms with Crippen molar-refractivity contribution >= 4 is 24.8 Å². The summed E-state index contributed by atoms with van der Waals surface area (Å²) in [6, 6.07) is 2.96. The summed E-state index contributed by atoms with van der Waals surface area (Å²) in [6.07, 6.45) is -6.82. The quantitative estimate of drug-likeness (QED) is 0.144. The highest BCUT2D eigenvalue weighted by atomic mass is 28.4. The van der Waals surface area contributed by atoms with E-state index in [1.54, 1.807) is 12.0 Å². The summed E-state index contributed by atoms with van der Waals surface area (Å²) >= 11 is 0. The van der Waals surface area contributed by atoms with Gasteiger partial charge in [0.1, 0.15) is 11.4 Å². The molecule has 1 aromatic carbocycles. The van der Waals surface area contributed by atoms with Crippen LogP contribution in [0, 0.1) is 5.82 Å². The van der Waals surface area contributed by atoms with Crippen molar-refractivity contribution < 1.29 is 35.2 Å². The van der Waals surface area contributed by atoms with E-state index in [2.05, 4.69) is 20.4 Å². The highest BCUT2D eigenvalue weighted by Gasteiger charge is 2.41. The molecule has 0 amide bonds. The van der Waals surface area contributed by atoms with Gasteiger partial charge in [-0.2, -0.15) is 31.4 Å². The molecule has 0 saturated carbocycles. The maximum atomic E-state index is 15.1. The van der Waals surface area contributed by atoms with E-state index < -0.39 is 66.6 Å². The third kappa shape index (κ3) is 7.89. The minimum atomic E-state index is -4.96. The number of hydrogen-bond donors (Lipinski definition) is 2. The average Bonchev–Trinajstić information content (AvgIpc) is 2.94. The molecule has 0 bridgehead atoms. The van der Waals surface area contributed by atoms with Crippen LogP contribution >= 0.6 is 0 Å². The molecule has 0 aliphatic rings. The van der Waals surface area contributed by atoms with Crippen molar-refractivity contribution in [2.75, 3.05) is 5.32 Å². The number of rotatable bonds is 9. The third-order valence-corrected chi connectivity index (χ3v) is 12.8. The fourth-order valence-electron chi connectivity index (χ4n) is 4.63. The molecular formula is C30H33F7N6O3Si. The van der Waals surface area contributed by atoms with E-state index in [1.807, 2.05) is 33.9 Å². The fourth-order valence-corrected chi connectivity index (χ4v) is 6.06. The predicted octanol–water partition coefficient (Wildman–Crippen LogP) is 7.00. The minimum Gasteiger partial charge on any atom is -0.412 e. The maximum Gasteiger partial charge on any atom is 0.423 e. The number of aromatic amines is 1. The molecule has 0 spiro atoms. The van der Waals surface area contributed by atoms with Crippen molar-refractivity contribution in [3.05, 3.63) is 80.6 Å². The summed E-state index contributed by atoms with van der Waals surface area (Å²) in [5.41, 5.74) is -5.23. The molecule has 254 valence electrons. The zero-order valence-electron chi connectivity index (χ0n) is 26.3. The van der Waals surface area contributed by atoms with Crippen LogP contribution in [0.4, 0.5) is 36.4 Å². The average molecular weight is 687 g/mol. The Labute approximate surface area is 265 Å². The Morgan fingerprint density at radius 2 is 1.64 bits per heavy atom. The molecule has 47 heavy (non-hydrogen) atoms. The lowest BCUT2D eigenvalue weighted by atomic mass is 10.1. The summed E-state index contributed by atoms with van der Waals surface area (Å²) < 4.78 is 103. The largest absolute Gasteiger partial charge is 0.423 e. The smallest absolute Gasteiger partial charge is 0.412 e. The maximum absolute atomic E-state index is 15.1. The van der Waals surface area contributed by atoms with Gasteiger partial charge in [0.05, 0.1) is 34.5 Å². The van der Waals surface area contributed by atoms with Crippen molar-refractivity contribution in [3.8, 4) is 11.4 Å². The van der Waals surface area contributed by atoms with Gasteiger partial charge in [-0.25, -0.2) is 19.5 Å². The molecule has 4 aromatic rings. The zero-order chi connectivity index (χ0) is 35.1. The molecule has 17 heteroatoms. The molecule has 2 N–H and O–H groups in total. The van der Waals surface area contributed by atoms with Gasteiger partial charge < -0.3 is 14.3 Å². The van der Waals surface area contributed by atoms with Crippen LogP contribution in [0.1, 0.15) is 45.2 Å². The number of alkyl halides is 6. The van der Waals surface area contributed by atoms with Gasteiger partial charge in [-0.1, -0.05) is 20.8 Å². The van der Waals surface area contributed by atoms with Gasteiger partial charge in [-0.05, 0) is 55.1 Å². The molecule has 0 fully saturated rings. The molecule has 3 aromatic heterocycles. The minimum absolute atomic E-state index is 0.0156. The van der Waals surface area contributed by atoms with E-state index in [-0.39, 0.29) is 40.2 Å². The SMILES string of the molecule is C[C@H](Nc1cn[nH]c(=O)c1C(F)(F)F)[C@H](CCn1ccc2cc(-c3ncc(C(F)(F)F)cn3)c(F)cc2c1=O)O[Si](C)(C)C(C)(C)C. The zero-order valence-corrected chi connectivity index (χ0v) is 27.3. The van der Waals surface area contributed by atoms with Crippen LogP contribution in [0.5, 0.6) is 0 Å². The molecule has 0 aliphatic carbocycles. The van der Waals surface area contributed by atoms with Crippen LogP contribution in [0.15, 0.2) is 52.6 Å². The summed E-state index contributed by atoms with van der Waals surface area (Å²) in [5.74, 6) is -1.21. The number of aromatic nitrogens is 5. The summed E-state index contributed by atoms with van der Waals surface area (Å²) in [7, 11) is -2.52. The van der Waals surface area contributed by atoms with Crippen LogP contribution in [0.25, 0.3) is 22.2 Å². The number of H-pyrrole nitrogens is 1. The van der Waals surface area contributed by atoms with Gasteiger partial charge in [0.2, 0.25) is 0 Å². The van der Waals surface area contributed by atoms with Gasteiger partial charge in [0, 0.05) is 31.2 Å². The Bertz CT molecular complexity index is 1870. The van der Waals surface area contributed by atoms with Crippen molar-refractivity contribution in [1.29, 1.82) is 0 Å². The summed E-state index contributed by atoms with van der Waals surface area (Å²) in [6.45, 7) is 11.5. The van der Waals surface area contributed by atoms with E-state index in [9.17, 15) is 35.9 Å². The summed E-state index contributed by atoms with van der Waals surface area (Å²) in [4.78, 5) is 32.7. The van der Waals surface area contributed by atoms with Crippen molar-refractivity contribution in [2.45, 2.75) is 83.3 Å². The Morgan fingerprint density at radius 3 is 2.21 bits per heavy atom.